The second kappa shape index (κ2) is 6.61. The van der Waals surface area contributed by atoms with E-state index in [2.05, 4.69) is 0 Å². The van der Waals surface area contributed by atoms with Gasteiger partial charge in [-0.25, -0.2) is 4.74 Å². The normalized spacial score (nSPS) is 11.2. The Hall–Kier alpha value is -2.49. The first-order chi connectivity index (χ1) is 9.72. The molecule has 0 radical (unpaired) electrons. The van der Waals surface area contributed by atoms with Crippen LogP contribution in [0.3, 0.4) is 0 Å². The van der Waals surface area contributed by atoms with Crippen LogP contribution in [0.25, 0.3) is 0 Å². The summed E-state index contributed by atoms with van der Waals surface area (Å²) in [6.07, 6.45) is 1.54. The Labute approximate surface area is 118 Å². The van der Waals surface area contributed by atoms with Gasteiger partial charge in [-0.05, 0) is 18.2 Å². The molecule has 0 saturated heterocycles. The standard InChI is InChI=1S/C16H17NO3/c1-19-15-9-8-14(10-16(15)20-2)12-17(18)11-13-6-4-3-5-7-13/h3-10,12H,11H2,1-2H3/b17-12-. The van der Waals surface area contributed by atoms with Crippen LogP contribution in [0.1, 0.15) is 11.1 Å². The van der Waals surface area contributed by atoms with Crippen molar-refractivity contribution in [3.05, 3.63) is 64.9 Å². The molecule has 0 bridgehead atoms. The lowest BCUT2D eigenvalue weighted by atomic mass is 10.2. The molecule has 0 saturated carbocycles. The van der Waals surface area contributed by atoms with Gasteiger partial charge in [-0.15, -0.1) is 0 Å². The number of hydrogen-bond donors (Lipinski definition) is 0. The third-order valence-electron chi connectivity index (χ3n) is 2.88. The summed E-state index contributed by atoms with van der Waals surface area (Å²) in [5, 5.41) is 11.9. The summed E-state index contributed by atoms with van der Waals surface area (Å²) in [5.41, 5.74) is 1.74. The largest absolute Gasteiger partial charge is 0.624 e. The maximum Gasteiger partial charge on any atom is 0.182 e. The van der Waals surface area contributed by atoms with Crippen LogP contribution in [0, 0.1) is 5.21 Å². The summed E-state index contributed by atoms with van der Waals surface area (Å²) >= 11 is 0. The smallest absolute Gasteiger partial charge is 0.182 e. The summed E-state index contributed by atoms with van der Waals surface area (Å²) in [6, 6.07) is 15.0. The number of benzene rings is 2. The van der Waals surface area contributed by atoms with Crippen LogP contribution < -0.4 is 9.47 Å². The molecular formula is C16H17NO3. The number of methoxy groups -OCH3 is 2. The van der Waals surface area contributed by atoms with Crippen molar-refractivity contribution in [3.8, 4) is 11.5 Å². The number of hydrogen-bond acceptors (Lipinski definition) is 3. The maximum absolute atomic E-state index is 11.9. The van der Waals surface area contributed by atoms with Gasteiger partial charge in [-0.1, -0.05) is 30.3 Å². The van der Waals surface area contributed by atoms with E-state index in [0.717, 1.165) is 15.9 Å². The van der Waals surface area contributed by atoms with Gasteiger partial charge in [0.1, 0.15) is 0 Å². The Morgan fingerprint density at radius 1 is 1.00 bits per heavy atom. The van der Waals surface area contributed by atoms with Gasteiger partial charge in [0.25, 0.3) is 0 Å². The molecule has 0 aromatic heterocycles. The van der Waals surface area contributed by atoms with E-state index in [1.54, 1.807) is 26.4 Å². The third kappa shape index (κ3) is 3.51. The third-order valence-corrected chi connectivity index (χ3v) is 2.88. The highest BCUT2D eigenvalue weighted by Crippen LogP contribution is 2.26. The Morgan fingerprint density at radius 2 is 1.70 bits per heavy atom. The first-order valence-corrected chi connectivity index (χ1v) is 6.27. The fourth-order valence-corrected chi connectivity index (χ4v) is 1.91. The summed E-state index contributed by atoms with van der Waals surface area (Å²) < 4.78 is 11.3. The maximum atomic E-state index is 11.9. The van der Waals surface area contributed by atoms with E-state index in [-0.39, 0.29) is 0 Å². The lowest BCUT2D eigenvalue weighted by Crippen LogP contribution is -2.05. The molecule has 0 heterocycles. The van der Waals surface area contributed by atoms with Crippen molar-refractivity contribution >= 4 is 6.21 Å². The van der Waals surface area contributed by atoms with Crippen molar-refractivity contribution in [2.24, 2.45) is 0 Å². The minimum Gasteiger partial charge on any atom is -0.624 e. The summed E-state index contributed by atoms with van der Waals surface area (Å²) in [4.78, 5) is 0. The molecule has 0 atom stereocenters. The molecule has 104 valence electrons. The Balaban J connectivity index is 2.17. The number of nitrogens with zero attached hydrogens (tertiary/aromatic N) is 1. The summed E-state index contributed by atoms with van der Waals surface area (Å²) in [7, 11) is 3.15. The molecular weight excluding hydrogens is 254 g/mol. The van der Waals surface area contributed by atoms with E-state index in [0.29, 0.717) is 18.0 Å². The zero-order chi connectivity index (χ0) is 14.4. The van der Waals surface area contributed by atoms with Crippen LogP contribution in [0.2, 0.25) is 0 Å². The highest BCUT2D eigenvalue weighted by atomic mass is 16.5. The summed E-state index contributed by atoms with van der Waals surface area (Å²) in [5.74, 6) is 1.25. The molecule has 0 fully saturated rings. The highest BCUT2D eigenvalue weighted by molar-refractivity contribution is 5.77. The van der Waals surface area contributed by atoms with Crippen molar-refractivity contribution < 1.29 is 14.2 Å². The monoisotopic (exact) mass is 271 g/mol. The van der Waals surface area contributed by atoms with Crippen molar-refractivity contribution in [3.63, 3.8) is 0 Å². The van der Waals surface area contributed by atoms with E-state index < -0.39 is 0 Å². The van der Waals surface area contributed by atoms with Crippen molar-refractivity contribution in [1.29, 1.82) is 0 Å². The molecule has 0 spiro atoms. The lowest BCUT2D eigenvalue weighted by molar-refractivity contribution is -0.469. The van der Waals surface area contributed by atoms with Gasteiger partial charge < -0.3 is 14.7 Å². The molecule has 4 nitrogen and oxygen atoms in total. The van der Waals surface area contributed by atoms with Crippen LogP contribution in [0.15, 0.2) is 48.5 Å². The lowest BCUT2D eigenvalue weighted by Gasteiger charge is -2.08. The first-order valence-electron chi connectivity index (χ1n) is 6.27. The van der Waals surface area contributed by atoms with E-state index in [9.17, 15) is 5.21 Å². The van der Waals surface area contributed by atoms with E-state index >= 15 is 0 Å². The predicted octanol–water partition coefficient (Wildman–Crippen LogP) is 2.83. The molecule has 20 heavy (non-hydrogen) atoms. The average molecular weight is 271 g/mol. The topological polar surface area (TPSA) is 44.5 Å². The quantitative estimate of drug-likeness (QED) is 0.363. The van der Waals surface area contributed by atoms with Crippen LogP contribution >= 0.6 is 0 Å². The first kappa shape index (κ1) is 13.9. The van der Waals surface area contributed by atoms with Gasteiger partial charge in [0.05, 0.1) is 14.2 Å². The van der Waals surface area contributed by atoms with Gasteiger partial charge in [0, 0.05) is 11.1 Å². The average Bonchev–Trinajstić information content (AvgIpc) is 2.48. The molecule has 2 aromatic rings. The summed E-state index contributed by atoms with van der Waals surface area (Å²) in [6.45, 7) is 0.315. The zero-order valence-electron chi connectivity index (χ0n) is 11.6. The number of rotatable bonds is 5. The molecule has 0 N–H and O–H groups in total. The van der Waals surface area contributed by atoms with E-state index in [1.807, 2.05) is 36.4 Å². The van der Waals surface area contributed by atoms with Gasteiger partial charge in [-0.2, -0.15) is 0 Å². The van der Waals surface area contributed by atoms with E-state index in [1.165, 1.54) is 6.21 Å². The highest BCUT2D eigenvalue weighted by Gasteiger charge is 2.05. The van der Waals surface area contributed by atoms with Gasteiger partial charge in [-0.3, -0.25) is 0 Å². The molecule has 0 aliphatic carbocycles. The van der Waals surface area contributed by atoms with Gasteiger partial charge in [0.2, 0.25) is 0 Å². The fraction of sp³-hybridized carbons (Fsp3) is 0.188. The van der Waals surface area contributed by atoms with Gasteiger partial charge >= 0.3 is 0 Å². The minimum absolute atomic E-state index is 0.315. The molecule has 4 heteroatoms. The predicted molar refractivity (Wildman–Crippen MR) is 78.5 cm³/mol. The Kier molecular flexibility index (Phi) is 4.60. The molecule has 0 unspecified atom stereocenters. The van der Waals surface area contributed by atoms with E-state index in [4.69, 9.17) is 9.47 Å². The molecule has 2 aromatic carbocycles. The minimum atomic E-state index is 0.315. The van der Waals surface area contributed by atoms with Crippen LogP contribution in [0.5, 0.6) is 11.5 Å². The van der Waals surface area contributed by atoms with Crippen molar-refractivity contribution in [2.45, 2.75) is 6.54 Å². The van der Waals surface area contributed by atoms with Gasteiger partial charge in [0.15, 0.2) is 24.3 Å². The second-order valence-electron chi connectivity index (χ2n) is 4.30. The van der Waals surface area contributed by atoms with Crippen molar-refractivity contribution in [1.82, 2.24) is 0 Å². The number of hydroxylamine groups is 1. The van der Waals surface area contributed by atoms with Crippen LogP contribution in [-0.4, -0.2) is 25.2 Å². The zero-order valence-corrected chi connectivity index (χ0v) is 11.6. The SMILES string of the molecule is COc1ccc(/C=[N+](\[O-])Cc2ccccc2)cc1OC. The molecule has 0 aliphatic heterocycles. The van der Waals surface area contributed by atoms with Crippen LogP contribution in [0.4, 0.5) is 0 Å². The second-order valence-corrected chi connectivity index (χ2v) is 4.30. The van der Waals surface area contributed by atoms with Crippen LogP contribution in [-0.2, 0) is 6.54 Å². The molecule has 0 aliphatic rings. The fourth-order valence-electron chi connectivity index (χ4n) is 1.91. The Morgan fingerprint density at radius 3 is 2.35 bits per heavy atom. The molecule has 2 rings (SSSR count). The Bertz CT molecular complexity index is 594. The number of ether oxygens (including phenoxy) is 2. The van der Waals surface area contributed by atoms with Crippen molar-refractivity contribution in [2.75, 3.05) is 14.2 Å². The molecule has 0 amide bonds.